The van der Waals surface area contributed by atoms with Crippen LogP contribution >= 0.6 is 0 Å². The van der Waals surface area contributed by atoms with Crippen LogP contribution in [0.2, 0.25) is 0 Å². The predicted molar refractivity (Wildman–Crippen MR) is 184 cm³/mol. The number of likely N-dealkylation sites (tertiary alicyclic amines) is 1. The fraction of sp³-hybridized carbons (Fsp3) is 0.543. The number of unbranched alkanes of at least 4 members (excludes halogenated alkanes) is 1. The molecule has 0 unspecified atom stereocenters. The van der Waals surface area contributed by atoms with Crippen molar-refractivity contribution in [1.29, 1.82) is 0 Å². The topological polar surface area (TPSA) is 198 Å². The Bertz CT molecular complexity index is 1500. The number of benzene rings is 2. The van der Waals surface area contributed by atoms with Gasteiger partial charge in [0.2, 0.25) is 29.5 Å². The summed E-state index contributed by atoms with van der Waals surface area (Å²) in [6.45, 7) is 5.87. The molecule has 2 aromatic carbocycles. The molecule has 0 bridgehead atoms. The summed E-state index contributed by atoms with van der Waals surface area (Å²) < 4.78 is 10.1. The zero-order chi connectivity index (χ0) is 36.1. The molecule has 0 spiro atoms. The number of esters is 1. The predicted octanol–water partition coefficient (Wildman–Crippen LogP) is 1.99. The van der Waals surface area contributed by atoms with Gasteiger partial charge in [-0.15, -0.1) is 0 Å². The van der Waals surface area contributed by atoms with Crippen molar-refractivity contribution in [1.82, 2.24) is 20.9 Å². The number of hydrogen-bond acceptors (Lipinski definition) is 9. The molecule has 3 rings (SSSR count). The van der Waals surface area contributed by atoms with Gasteiger partial charge in [-0.05, 0) is 62.9 Å². The highest BCUT2D eigenvalue weighted by molar-refractivity contribution is 6.01. The van der Waals surface area contributed by atoms with E-state index >= 15 is 0 Å². The minimum absolute atomic E-state index is 0.135. The van der Waals surface area contributed by atoms with Crippen LogP contribution in [0.3, 0.4) is 0 Å². The van der Waals surface area contributed by atoms with Crippen molar-refractivity contribution < 1.29 is 38.2 Å². The number of nitrogens with one attached hydrogen (secondary N) is 4. The van der Waals surface area contributed by atoms with Gasteiger partial charge in [0.1, 0.15) is 29.9 Å². The first-order valence-corrected chi connectivity index (χ1v) is 16.7. The molecule has 0 aliphatic carbocycles. The summed E-state index contributed by atoms with van der Waals surface area (Å²) in [4.78, 5) is 79.1. The van der Waals surface area contributed by atoms with Crippen molar-refractivity contribution in [3.8, 4) is 5.75 Å². The number of amides is 5. The highest BCUT2D eigenvalue weighted by Gasteiger charge is 2.38. The van der Waals surface area contributed by atoms with Gasteiger partial charge < -0.3 is 41.4 Å². The quantitative estimate of drug-likeness (QED) is 0.122. The van der Waals surface area contributed by atoms with Crippen LogP contribution in [0.5, 0.6) is 5.75 Å². The van der Waals surface area contributed by atoms with Gasteiger partial charge in [-0.3, -0.25) is 28.8 Å². The van der Waals surface area contributed by atoms with Crippen molar-refractivity contribution >= 4 is 52.0 Å². The van der Waals surface area contributed by atoms with Crippen LogP contribution in [0, 0.1) is 5.92 Å². The molecule has 49 heavy (non-hydrogen) atoms. The highest BCUT2D eigenvalue weighted by atomic mass is 16.5. The smallest absolute Gasteiger partial charge is 0.306 e. The lowest BCUT2D eigenvalue weighted by Gasteiger charge is -2.30. The van der Waals surface area contributed by atoms with Crippen molar-refractivity contribution in [2.75, 3.05) is 32.6 Å². The summed E-state index contributed by atoms with van der Waals surface area (Å²) in [5, 5.41) is 12.8. The van der Waals surface area contributed by atoms with E-state index in [0.717, 1.165) is 10.8 Å². The molecule has 1 aliphatic rings. The number of fused-ring (bicyclic) bond motifs is 1. The summed E-state index contributed by atoms with van der Waals surface area (Å²) in [6, 6.07) is 7.51. The molecule has 4 atom stereocenters. The SMILES string of the molecule is COC(=O)CCC(=O)N[C@@H](CCCCN)C(=O)N[C@@H](C)C(=O)N1CCC[C@H]1C(=O)N[C@H](C(=O)Nc1cc(OC)c2ccccc2c1)C(C)C. The number of methoxy groups -OCH3 is 2. The Labute approximate surface area is 287 Å². The van der Waals surface area contributed by atoms with Gasteiger partial charge in [0.05, 0.1) is 20.6 Å². The van der Waals surface area contributed by atoms with E-state index in [0.29, 0.717) is 50.2 Å². The highest BCUT2D eigenvalue weighted by Crippen LogP contribution is 2.30. The maximum Gasteiger partial charge on any atom is 0.306 e. The van der Waals surface area contributed by atoms with E-state index in [2.05, 4.69) is 26.0 Å². The first-order chi connectivity index (χ1) is 23.4. The average molecular weight is 683 g/mol. The minimum atomic E-state index is -1.00. The summed E-state index contributed by atoms with van der Waals surface area (Å²) in [5.41, 5.74) is 6.11. The molecular weight excluding hydrogens is 632 g/mol. The summed E-state index contributed by atoms with van der Waals surface area (Å²) in [5.74, 6) is -2.62. The Morgan fingerprint density at radius 1 is 0.939 bits per heavy atom. The molecule has 0 aromatic heterocycles. The van der Waals surface area contributed by atoms with Crippen LogP contribution in [0.15, 0.2) is 36.4 Å². The largest absolute Gasteiger partial charge is 0.496 e. The number of anilines is 1. The molecule has 0 radical (unpaired) electrons. The first kappa shape index (κ1) is 38.7. The molecule has 268 valence electrons. The van der Waals surface area contributed by atoms with Crippen molar-refractivity contribution in [3.63, 3.8) is 0 Å². The first-order valence-electron chi connectivity index (χ1n) is 16.7. The van der Waals surface area contributed by atoms with Gasteiger partial charge in [0.25, 0.3) is 0 Å². The second-order valence-electron chi connectivity index (χ2n) is 12.5. The van der Waals surface area contributed by atoms with E-state index < -0.39 is 59.7 Å². The molecule has 14 nitrogen and oxygen atoms in total. The third kappa shape index (κ3) is 10.9. The zero-order valence-corrected chi connectivity index (χ0v) is 29.0. The van der Waals surface area contributed by atoms with E-state index in [1.54, 1.807) is 13.2 Å². The molecule has 2 aromatic rings. The molecule has 1 heterocycles. The Morgan fingerprint density at radius 3 is 2.35 bits per heavy atom. The monoisotopic (exact) mass is 682 g/mol. The molecular formula is C35H50N6O8. The van der Waals surface area contributed by atoms with Crippen LogP contribution in [0.4, 0.5) is 5.69 Å². The summed E-state index contributed by atoms with van der Waals surface area (Å²) in [6.07, 6.45) is 2.15. The minimum Gasteiger partial charge on any atom is -0.496 e. The Kier molecular flexibility index (Phi) is 14.8. The van der Waals surface area contributed by atoms with E-state index in [1.807, 2.05) is 44.2 Å². The summed E-state index contributed by atoms with van der Waals surface area (Å²) in [7, 11) is 2.78. The number of carbonyl (C=O) groups excluding carboxylic acids is 6. The van der Waals surface area contributed by atoms with Crippen molar-refractivity contribution in [2.24, 2.45) is 11.7 Å². The third-order valence-corrected chi connectivity index (χ3v) is 8.51. The van der Waals surface area contributed by atoms with Crippen LogP contribution in [0.1, 0.15) is 65.7 Å². The lowest BCUT2D eigenvalue weighted by atomic mass is 10.0. The fourth-order valence-corrected chi connectivity index (χ4v) is 5.79. The van der Waals surface area contributed by atoms with Crippen molar-refractivity contribution in [2.45, 2.75) is 89.9 Å². The Balaban J connectivity index is 1.65. The van der Waals surface area contributed by atoms with E-state index in [-0.39, 0.29) is 25.2 Å². The number of ether oxygens (including phenoxy) is 2. The molecule has 0 saturated carbocycles. The normalized spacial score (nSPS) is 16.0. The molecule has 6 N–H and O–H groups in total. The van der Waals surface area contributed by atoms with Crippen LogP contribution < -0.4 is 31.7 Å². The number of rotatable bonds is 17. The fourth-order valence-electron chi connectivity index (χ4n) is 5.79. The number of hydrogen-bond donors (Lipinski definition) is 5. The van der Waals surface area contributed by atoms with Crippen LogP contribution in [0.25, 0.3) is 10.8 Å². The number of nitrogens with zero attached hydrogens (tertiary/aromatic N) is 1. The number of carbonyl (C=O) groups is 6. The van der Waals surface area contributed by atoms with Crippen molar-refractivity contribution in [3.05, 3.63) is 36.4 Å². The van der Waals surface area contributed by atoms with Gasteiger partial charge in [-0.2, -0.15) is 0 Å². The van der Waals surface area contributed by atoms with E-state index in [9.17, 15) is 28.8 Å². The second kappa shape index (κ2) is 18.7. The second-order valence-corrected chi connectivity index (χ2v) is 12.5. The Morgan fingerprint density at radius 2 is 1.67 bits per heavy atom. The number of nitrogens with two attached hydrogens (primary N) is 1. The van der Waals surface area contributed by atoms with Crippen LogP contribution in [-0.4, -0.2) is 91.9 Å². The molecule has 1 saturated heterocycles. The standard InChI is InChI=1S/C35H50N6O8/c1-21(2)31(34(46)38-24-19-23-11-6-7-12-25(23)28(20-24)48-4)40-33(45)27-14-10-18-41(27)35(47)22(3)37-32(44)26(13-8-9-17-36)39-29(42)15-16-30(43)49-5/h6-7,11-12,19-22,26-27,31H,8-10,13-18,36H2,1-5H3,(H,37,44)(H,38,46)(H,39,42)(H,40,45)/t22-,26-,27-,31-/m0/s1. The molecule has 14 heteroatoms. The molecule has 1 fully saturated rings. The maximum absolute atomic E-state index is 13.6. The lowest BCUT2D eigenvalue weighted by molar-refractivity contribution is -0.142. The average Bonchev–Trinajstić information content (AvgIpc) is 3.58. The molecule has 5 amide bonds. The van der Waals surface area contributed by atoms with Crippen LogP contribution in [-0.2, 0) is 33.5 Å². The maximum atomic E-state index is 13.6. The van der Waals surface area contributed by atoms with Gasteiger partial charge in [-0.25, -0.2) is 0 Å². The van der Waals surface area contributed by atoms with Gasteiger partial charge in [0.15, 0.2) is 0 Å². The lowest BCUT2D eigenvalue weighted by Crippen LogP contribution is -2.57. The molecule has 1 aliphatic heterocycles. The van der Waals surface area contributed by atoms with E-state index in [1.165, 1.54) is 18.9 Å². The Hall–Kier alpha value is -4.72. The third-order valence-electron chi connectivity index (χ3n) is 8.51. The van der Waals surface area contributed by atoms with Gasteiger partial charge in [0, 0.05) is 30.1 Å². The zero-order valence-electron chi connectivity index (χ0n) is 29.0. The van der Waals surface area contributed by atoms with E-state index in [4.69, 9.17) is 10.5 Å². The summed E-state index contributed by atoms with van der Waals surface area (Å²) >= 11 is 0. The van der Waals surface area contributed by atoms with Gasteiger partial charge >= 0.3 is 5.97 Å². The van der Waals surface area contributed by atoms with Gasteiger partial charge in [-0.1, -0.05) is 38.1 Å².